The van der Waals surface area contributed by atoms with Crippen LogP contribution in [0.4, 0.5) is 13.2 Å². The molecule has 1 unspecified atom stereocenters. The van der Waals surface area contributed by atoms with E-state index in [1.165, 1.54) is 0 Å². The van der Waals surface area contributed by atoms with Crippen LogP contribution in [0.5, 0.6) is 0 Å². The van der Waals surface area contributed by atoms with Crippen LogP contribution >= 0.6 is 22.6 Å². The molecule has 0 aliphatic heterocycles. The molecule has 0 saturated carbocycles. The molecule has 102 valence electrons. The molecule has 0 bridgehead atoms. The van der Waals surface area contributed by atoms with E-state index in [1.54, 1.807) is 11.4 Å². The number of ether oxygens (including phenoxy) is 1. The van der Waals surface area contributed by atoms with E-state index >= 15 is 0 Å². The minimum Gasteiger partial charge on any atom is -0.467 e. The van der Waals surface area contributed by atoms with Crippen LogP contribution < -0.4 is 5.32 Å². The molecule has 0 aromatic carbocycles. The Labute approximate surface area is 115 Å². The van der Waals surface area contributed by atoms with Crippen molar-refractivity contribution in [3.8, 4) is 0 Å². The molecule has 1 aliphatic rings. The minimum atomic E-state index is -5.02. The average Bonchev–Trinajstić information content (AvgIpc) is 2.30. The van der Waals surface area contributed by atoms with E-state index in [4.69, 9.17) is 0 Å². The second-order valence-electron chi connectivity index (χ2n) is 3.88. The topological polar surface area (TPSA) is 55.4 Å². The monoisotopic (exact) mass is 377 g/mol. The predicted molar refractivity (Wildman–Crippen MR) is 64.9 cm³/mol. The van der Waals surface area contributed by atoms with E-state index in [9.17, 15) is 22.8 Å². The fourth-order valence-corrected chi connectivity index (χ4v) is 2.15. The number of hydrogen-bond acceptors (Lipinski definition) is 3. The highest BCUT2D eigenvalue weighted by Crippen LogP contribution is 2.32. The summed E-state index contributed by atoms with van der Waals surface area (Å²) < 4.78 is 42.1. The predicted octanol–water partition coefficient (Wildman–Crippen LogP) is 2.08. The molecule has 1 N–H and O–H groups in total. The van der Waals surface area contributed by atoms with E-state index in [1.807, 2.05) is 22.6 Å². The summed E-state index contributed by atoms with van der Waals surface area (Å²) in [6, 6.07) is 0. The highest BCUT2D eigenvalue weighted by Gasteiger charge is 2.48. The van der Waals surface area contributed by atoms with E-state index in [0.29, 0.717) is 6.42 Å². The highest BCUT2D eigenvalue weighted by atomic mass is 127. The summed E-state index contributed by atoms with van der Waals surface area (Å²) in [5.74, 6) is -2.99. The Hall–Kier alpha value is -0.800. The molecule has 0 spiro atoms. The SMILES string of the molecule is COC(=O)C1(NC(=O)C(F)(F)F)CC=C(I)CC1. The van der Waals surface area contributed by atoms with Gasteiger partial charge in [-0.05, 0) is 39.0 Å². The molecule has 0 saturated heterocycles. The van der Waals surface area contributed by atoms with Crippen LogP contribution in [0.1, 0.15) is 19.3 Å². The zero-order chi connectivity index (χ0) is 14.0. The normalized spacial score (nSPS) is 24.2. The molecule has 1 amide bonds. The molecule has 1 atom stereocenters. The summed E-state index contributed by atoms with van der Waals surface area (Å²) in [6.07, 6.45) is -2.88. The summed E-state index contributed by atoms with van der Waals surface area (Å²) in [5, 5.41) is 1.76. The van der Waals surface area contributed by atoms with Crippen LogP contribution in [0.25, 0.3) is 0 Å². The van der Waals surface area contributed by atoms with Gasteiger partial charge in [0.15, 0.2) is 0 Å². The van der Waals surface area contributed by atoms with Crippen LogP contribution in [-0.4, -0.2) is 30.7 Å². The lowest BCUT2D eigenvalue weighted by Gasteiger charge is -2.33. The Balaban J connectivity index is 2.94. The summed E-state index contributed by atoms with van der Waals surface area (Å²) in [6.45, 7) is 0. The zero-order valence-electron chi connectivity index (χ0n) is 9.44. The molecule has 4 nitrogen and oxygen atoms in total. The quantitative estimate of drug-likeness (QED) is 0.593. The van der Waals surface area contributed by atoms with Crippen molar-refractivity contribution in [3.05, 3.63) is 9.66 Å². The van der Waals surface area contributed by atoms with Gasteiger partial charge < -0.3 is 10.1 Å². The maximum atomic E-state index is 12.2. The summed E-state index contributed by atoms with van der Waals surface area (Å²) >= 11 is 2.03. The van der Waals surface area contributed by atoms with E-state index in [0.717, 1.165) is 10.7 Å². The van der Waals surface area contributed by atoms with Gasteiger partial charge in [-0.25, -0.2) is 4.79 Å². The molecule has 0 heterocycles. The number of amides is 1. The number of esters is 1. The Morgan fingerprint density at radius 3 is 2.50 bits per heavy atom. The lowest BCUT2D eigenvalue weighted by molar-refractivity contribution is -0.178. The first-order valence-corrected chi connectivity index (χ1v) is 6.11. The smallest absolute Gasteiger partial charge is 0.467 e. The number of methoxy groups -OCH3 is 1. The first-order chi connectivity index (χ1) is 8.21. The van der Waals surface area contributed by atoms with Gasteiger partial charge in [0.2, 0.25) is 0 Å². The van der Waals surface area contributed by atoms with Crippen molar-refractivity contribution in [2.75, 3.05) is 7.11 Å². The molecule has 1 aliphatic carbocycles. The first-order valence-electron chi connectivity index (χ1n) is 5.03. The second-order valence-corrected chi connectivity index (χ2v) is 5.27. The first kappa shape index (κ1) is 15.3. The van der Waals surface area contributed by atoms with Gasteiger partial charge in [-0.1, -0.05) is 6.08 Å². The Morgan fingerprint density at radius 2 is 2.11 bits per heavy atom. The minimum absolute atomic E-state index is 0.000231. The van der Waals surface area contributed by atoms with Gasteiger partial charge >= 0.3 is 18.1 Å². The number of allylic oxidation sites excluding steroid dienone is 1. The van der Waals surface area contributed by atoms with E-state index < -0.39 is 23.6 Å². The Kier molecular flexibility index (Phi) is 4.62. The van der Waals surface area contributed by atoms with Gasteiger partial charge in [-0.15, -0.1) is 0 Å². The van der Waals surface area contributed by atoms with Gasteiger partial charge in [0.1, 0.15) is 5.54 Å². The Bertz CT molecular complexity index is 394. The number of nitrogens with one attached hydrogen (secondary N) is 1. The summed E-state index contributed by atoms with van der Waals surface area (Å²) in [4.78, 5) is 22.6. The lowest BCUT2D eigenvalue weighted by atomic mass is 9.85. The van der Waals surface area contributed by atoms with Gasteiger partial charge in [-0.3, -0.25) is 4.79 Å². The van der Waals surface area contributed by atoms with Gasteiger partial charge in [0.25, 0.3) is 0 Å². The summed E-state index contributed by atoms with van der Waals surface area (Å²) in [7, 11) is 1.08. The van der Waals surface area contributed by atoms with Crippen molar-refractivity contribution in [3.63, 3.8) is 0 Å². The average molecular weight is 377 g/mol. The van der Waals surface area contributed by atoms with Gasteiger partial charge in [-0.2, -0.15) is 13.2 Å². The van der Waals surface area contributed by atoms with Crippen LogP contribution in [0.3, 0.4) is 0 Å². The molecule has 0 aromatic rings. The molecular weight excluding hydrogens is 366 g/mol. The van der Waals surface area contributed by atoms with Crippen LogP contribution in [0, 0.1) is 0 Å². The number of hydrogen-bond donors (Lipinski definition) is 1. The molecule has 1 rings (SSSR count). The largest absolute Gasteiger partial charge is 0.471 e. The number of carbonyl (C=O) groups excluding carboxylic acids is 2. The Morgan fingerprint density at radius 1 is 1.50 bits per heavy atom. The molecule has 0 radical (unpaired) electrons. The van der Waals surface area contributed by atoms with Crippen molar-refractivity contribution in [2.24, 2.45) is 0 Å². The molecule has 0 aromatic heterocycles. The third-order valence-electron chi connectivity index (χ3n) is 2.65. The van der Waals surface area contributed by atoms with Crippen molar-refractivity contribution >= 4 is 34.5 Å². The van der Waals surface area contributed by atoms with Crippen LogP contribution in [-0.2, 0) is 14.3 Å². The number of halogens is 4. The van der Waals surface area contributed by atoms with Crippen molar-refractivity contribution in [1.82, 2.24) is 5.32 Å². The standard InChI is InChI=1S/C10H11F3INO3/c1-18-8(17)9(4-2-6(14)3-5-9)15-7(16)10(11,12)13/h2H,3-5H2,1H3,(H,15,16). The number of carbonyl (C=O) groups is 2. The third-order valence-corrected chi connectivity index (χ3v) is 3.63. The lowest BCUT2D eigenvalue weighted by Crippen LogP contribution is -2.58. The molecule has 0 fully saturated rings. The fraction of sp³-hybridized carbons (Fsp3) is 0.600. The van der Waals surface area contributed by atoms with Gasteiger partial charge in [0, 0.05) is 6.42 Å². The van der Waals surface area contributed by atoms with Gasteiger partial charge in [0.05, 0.1) is 7.11 Å². The maximum absolute atomic E-state index is 12.2. The van der Waals surface area contributed by atoms with E-state index in [-0.39, 0.29) is 12.8 Å². The maximum Gasteiger partial charge on any atom is 0.471 e. The second kappa shape index (κ2) is 5.45. The van der Waals surface area contributed by atoms with E-state index in [2.05, 4.69) is 4.74 Å². The van der Waals surface area contributed by atoms with Crippen LogP contribution in [0.15, 0.2) is 9.66 Å². The number of alkyl halides is 3. The zero-order valence-corrected chi connectivity index (χ0v) is 11.6. The highest BCUT2D eigenvalue weighted by molar-refractivity contribution is 14.1. The van der Waals surface area contributed by atoms with Crippen molar-refractivity contribution in [2.45, 2.75) is 31.0 Å². The third kappa shape index (κ3) is 3.36. The van der Waals surface area contributed by atoms with Crippen molar-refractivity contribution < 1.29 is 27.5 Å². The van der Waals surface area contributed by atoms with Crippen molar-refractivity contribution in [1.29, 1.82) is 0 Å². The molecule has 18 heavy (non-hydrogen) atoms. The fourth-order valence-electron chi connectivity index (χ4n) is 1.66. The number of rotatable bonds is 2. The van der Waals surface area contributed by atoms with Crippen LogP contribution in [0.2, 0.25) is 0 Å². The molecule has 8 heteroatoms. The molecular formula is C10H11F3INO3. The summed E-state index contributed by atoms with van der Waals surface area (Å²) in [5.41, 5.74) is -1.62.